The molecule has 94 valence electrons. The molecule has 2 rings (SSSR count). The number of hydrogen-bond acceptors (Lipinski definition) is 6. The first-order valence-electron chi connectivity index (χ1n) is 5.50. The Hall–Kier alpha value is -0.950. The highest BCUT2D eigenvalue weighted by Gasteiger charge is 2.24. The number of nitrogens with zero attached hydrogens (tertiary/aromatic N) is 1. The topological polar surface area (TPSA) is 80.0 Å². The van der Waals surface area contributed by atoms with Crippen molar-refractivity contribution in [2.75, 3.05) is 29.6 Å². The fourth-order valence-electron chi connectivity index (χ4n) is 1.31. The highest BCUT2D eigenvalue weighted by molar-refractivity contribution is 7.98. The molecule has 0 unspecified atom stereocenters. The summed E-state index contributed by atoms with van der Waals surface area (Å²) in [5, 5.41) is 6.82. The minimum Gasteiger partial charge on any atom is -0.382 e. The van der Waals surface area contributed by atoms with E-state index in [1.807, 2.05) is 6.26 Å². The maximum absolute atomic E-state index is 11.8. The largest absolute Gasteiger partial charge is 0.382 e. The number of thiazole rings is 1. The summed E-state index contributed by atoms with van der Waals surface area (Å²) in [6.07, 6.45) is 4.36. The molecule has 0 saturated heterocycles. The number of anilines is 2. The number of carbonyl (C=O) groups excluding carboxylic acids is 1. The van der Waals surface area contributed by atoms with Gasteiger partial charge in [0.1, 0.15) is 10.7 Å². The van der Waals surface area contributed by atoms with Gasteiger partial charge in [0.2, 0.25) is 0 Å². The number of nitrogens with two attached hydrogens (primary N) is 1. The summed E-state index contributed by atoms with van der Waals surface area (Å²) in [5.74, 6) is 1.09. The minimum absolute atomic E-state index is 0.127. The normalized spacial score (nSPS) is 14.6. The summed E-state index contributed by atoms with van der Waals surface area (Å²) < 4.78 is 0. The van der Waals surface area contributed by atoms with Gasteiger partial charge >= 0.3 is 0 Å². The van der Waals surface area contributed by atoms with Crippen molar-refractivity contribution >= 4 is 40.0 Å². The van der Waals surface area contributed by atoms with E-state index in [1.165, 1.54) is 24.2 Å². The molecular formula is C10H16N4OS2. The van der Waals surface area contributed by atoms with Crippen LogP contribution in [0.1, 0.15) is 22.5 Å². The van der Waals surface area contributed by atoms with E-state index in [0.29, 0.717) is 23.3 Å². The standard InChI is InChI=1S/C10H16N4OS2/c1-16-5-4-12-9(15)7-8(11)14-10(17-7)13-6-2-3-6/h6H,2-5,11H2,1H3,(H,12,15)(H,13,14). The maximum atomic E-state index is 11.8. The Morgan fingerprint density at radius 2 is 2.41 bits per heavy atom. The first-order chi connectivity index (χ1) is 8.20. The van der Waals surface area contributed by atoms with Crippen LogP contribution in [0.2, 0.25) is 0 Å². The Bertz CT molecular complexity index is 403. The molecule has 0 atom stereocenters. The number of aromatic nitrogens is 1. The van der Waals surface area contributed by atoms with Crippen LogP contribution >= 0.6 is 23.1 Å². The number of nitrogen functional groups attached to an aromatic ring is 1. The van der Waals surface area contributed by atoms with Crippen LogP contribution < -0.4 is 16.4 Å². The molecule has 1 heterocycles. The molecule has 4 N–H and O–H groups in total. The third-order valence-electron chi connectivity index (χ3n) is 2.36. The van der Waals surface area contributed by atoms with Gasteiger partial charge in [-0.3, -0.25) is 4.79 Å². The quantitative estimate of drug-likeness (QED) is 0.682. The van der Waals surface area contributed by atoms with E-state index in [9.17, 15) is 4.79 Å². The lowest BCUT2D eigenvalue weighted by Crippen LogP contribution is -2.25. The second-order valence-corrected chi connectivity index (χ2v) is 5.89. The number of rotatable bonds is 6. The van der Waals surface area contributed by atoms with Crippen LogP contribution in [-0.2, 0) is 0 Å². The molecular weight excluding hydrogens is 256 g/mol. The van der Waals surface area contributed by atoms with Crippen LogP contribution in [0.4, 0.5) is 10.9 Å². The SMILES string of the molecule is CSCCNC(=O)c1sc(NC2CC2)nc1N. The average Bonchev–Trinajstić information content (AvgIpc) is 3.02. The monoisotopic (exact) mass is 272 g/mol. The summed E-state index contributed by atoms with van der Waals surface area (Å²) >= 11 is 3.02. The first kappa shape index (κ1) is 12.5. The van der Waals surface area contributed by atoms with Gasteiger partial charge in [-0.25, -0.2) is 4.98 Å². The van der Waals surface area contributed by atoms with Crippen LogP contribution in [-0.4, -0.2) is 35.5 Å². The summed E-state index contributed by atoms with van der Waals surface area (Å²) in [5.41, 5.74) is 5.74. The predicted molar refractivity (Wildman–Crippen MR) is 73.9 cm³/mol. The molecule has 0 spiro atoms. The van der Waals surface area contributed by atoms with Gasteiger partial charge in [0.25, 0.3) is 5.91 Å². The van der Waals surface area contributed by atoms with Gasteiger partial charge < -0.3 is 16.4 Å². The Balaban J connectivity index is 1.93. The average molecular weight is 272 g/mol. The lowest BCUT2D eigenvalue weighted by molar-refractivity contribution is 0.0961. The van der Waals surface area contributed by atoms with Crippen molar-refractivity contribution in [3.8, 4) is 0 Å². The molecule has 0 aliphatic heterocycles. The molecule has 1 fully saturated rings. The zero-order valence-electron chi connectivity index (χ0n) is 9.66. The third-order valence-corrected chi connectivity index (χ3v) is 3.97. The predicted octanol–water partition coefficient (Wildman–Crippen LogP) is 1.39. The summed E-state index contributed by atoms with van der Waals surface area (Å²) in [6, 6.07) is 0.521. The van der Waals surface area contributed by atoms with Crippen molar-refractivity contribution in [1.82, 2.24) is 10.3 Å². The van der Waals surface area contributed by atoms with E-state index in [1.54, 1.807) is 11.8 Å². The second kappa shape index (κ2) is 5.59. The van der Waals surface area contributed by atoms with E-state index in [0.717, 1.165) is 10.9 Å². The summed E-state index contributed by atoms with van der Waals surface area (Å²) in [6.45, 7) is 0.655. The highest BCUT2D eigenvalue weighted by atomic mass is 32.2. The van der Waals surface area contributed by atoms with Gasteiger partial charge in [0, 0.05) is 18.3 Å². The van der Waals surface area contributed by atoms with E-state index in [4.69, 9.17) is 5.73 Å². The van der Waals surface area contributed by atoms with Crippen LogP contribution in [0.25, 0.3) is 0 Å². The molecule has 1 aliphatic rings. The molecule has 1 saturated carbocycles. The van der Waals surface area contributed by atoms with Crippen molar-refractivity contribution in [3.63, 3.8) is 0 Å². The number of thioether (sulfide) groups is 1. The number of amides is 1. The minimum atomic E-state index is -0.127. The van der Waals surface area contributed by atoms with Crippen LogP contribution in [0.5, 0.6) is 0 Å². The third kappa shape index (κ3) is 3.50. The van der Waals surface area contributed by atoms with Crippen LogP contribution in [0, 0.1) is 0 Å². The molecule has 0 bridgehead atoms. The Morgan fingerprint density at radius 1 is 1.65 bits per heavy atom. The number of hydrogen-bond donors (Lipinski definition) is 3. The van der Waals surface area contributed by atoms with Gasteiger partial charge in [0.05, 0.1) is 0 Å². The zero-order chi connectivity index (χ0) is 12.3. The molecule has 0 radical (unpaired) electrons. The lowest BCUT2D eigenvalue weighted by Gasteiger charge is -2.01. The van der Waals surface area contributed by atoms with Gasteiger partial charge in [0.15, 0.2) is 5.13 Å². The van der Waals surface area contributed by atoms with Gasteiger partial charge in [-0.15, -0.1) is 0 Å². The van der Waals surface area contributed by atoms with Crippen molar-refractivity contribution in [2.24, 2.45) is 0 Å². The number of nitrogens with one attached hydrogen (secondary N) is 2. The summed E-state index contributed by atoms with van der Waals surface area (Å²) in [4.78, 5) is 16.5. The van der Waals surface area contributed by atoms with E-state index in [2.05, 4.69) is 15.6 Å². The van der Waals surface area contributed by atoms with Crippen LogP contribution in [0.3, 0.4) is 0 Å². The highest BCUT2D eigenvalue weighted by Crippen LogP contribution is 2.30. The molecule has 1 aromatic heterocycles. The Labute approximate surface area is 109 Å². The molecule has 1 aliphatic carbocycles. The Morgan fingerprint density at radius 3 is 3.06 bits per heavy atom. The first-order valence-corrected chi connectivity index (χ1v) is 7.71. The molecule has 7 heteroatoms. The fourth-order valence-corrected chi connectivity index (χ4v) is 2.49. The molecule has 5 nitrogen and oxygen atoms in total. The molecule has 1 aromatic rings. The van der Waals surface area contributed by atoms with Crippen molar-refractivity contribution < 1.29 is 4.79 Å². The van der Waals surface area contributed by atoms with Gasteiger partial charge in [-0.05, 0) is 19.1 Å². The zero-order valence-corrected chi connectivity index (χ0v) is 11.3. The van der Waals surface area contributed by atoms with Crippen LogP contribution in [0.15, 0.2) is 0 Å². The van der Waals surface area contributed by atoms with Crippen molar-refractivity contribution in [3.05, 3.63) is 4.88 Å². The smallest absolute Gasteiger partial charge is 0.265 e. The van der Waals surface area contributed by atoms with E-state index in [-0.39, 0.29) is 5.91 Å². The molecule has 0 aromatic carbocycles. The van der Waals surface area contributed by atoms with Gasteiger partial charge in [-0.1, -0.05) is 11.3 Å². The lowest BCUT2D eigenvalue weighted by atomic mass is 10.4. The van der Waals surface area contributed by atoms with E-state index >= 15 is 0 Å². The molecule has 1 amide bonds. The van der Waals surface area contributed by atoms with Crippen molar-refractivity contribution in [2.45, 2.75) is 18.9 Å². The number of carbonyl (C=O) groups is 1. The summed E-state index contributed by atoms with van der Waals surface area (Å²) in [7, 11) is 0. The second-order valence-electron chi connectivity index (χ2n) is 3.90. The maximum Gasteiger partial charge on any atom is 0.265 e. The van der Waals surface area contributed by atoms with Gasteiger partial charge in [-0.2, -0.15) is 11.8 Å². The Kier molecular flexibility index (Phi) is 4.11. The van der Waals surface area contributed by atoms with Crippen molar-refractivity contribution in [1.29, 1.82) is 0 Å². The fraction of sp³-hybridized carbons (Fsp3) is 0.600. The van der Waals surface area contributed by atoms with E-state index < -0.39 is 0 Å². The molecule has 17 heavy (non-hydrogen) atoms.